The van der Waals surface area contributed by atoms with Crippen molar-refractivity contribution in [3.05, 3.63) is 70.5 Å². The Balaban J connectivity index is 2.34. The number of pyridine rings is 1. The largest absolute Gasteiger partial charge is 0.316 e. The summed E-state index contributed by atoms with van der Waals surface area (Å²) in [5.41, 5.74) is 1.55. The minimum atomic E-state index is -3.88. The third-order valence-corrected chi connectivity index (χ3v) is 5.11. The van der Waals surface area contributed by atoms with E-state index in [4.69, 9.17) is 5.14 Å². The fraction of sp³-hybridized carbons (Fsp3) is 0.211. The van der Waals surface area contributed by atoms with Crippen LogP contribution >= 0.6 is 0 Å². The van der Waals surface area contributed by atoms with Crippen LogP contribution < -0.4 is 10.6 Å². The molecule has 0 radical (unpaired) electrons. The third-order valence-electron chi connectivity index (χ3n) is 4.16. The number of nitrogens with two attached hydrogens (primary N) is 1. The summed E-state index contributed by atoms with van der Waals surface area (Å²) in [6, 6.07) is 13.9. The van der Waals surface area contributed by atoms with E-state index in [9.17, 15) is 13.2 Å². The Morgan fingerprint density at radius 1 is 1.00 bits per heavy atom. The molecule has 0 bridgehead atoms. The molecule has 0 aliphatic heterocycles. The van der Waals surface area contributed by atoms with Crippen LogP contribution in [0.3, 0.4) is 0 Å². The van der Waals surface area contributed by atoms with E-state index < -0.39 is 10.0 Å². The van der Waals surface area contributed by atoms with Gasteiger partial charge in [-0.25, -0.2) is 13.6 Å². The molecule has 3 aromatic rings. The fourth-order valence-electron chi connectivity index (χ4n) is 2.95. The molecule has 0 saturated heterocycles. The van der Waals surface area contributed by atoms with E-state index in [0.29, 0.717) is 22.2 Å². The van der Waals surface area contributed by atoms with Crippen LogP contribution in [0.4, 0.5) is 0 Å². The Morgan fingerprint density at radius 3 is 2.32 bits per heavy atom. The Labute approximate surface area is 146 Å². The van der Waals surface area contributed by atoms with Crippen LogP contribution in [0.5, 0.6) is 0 Å². The number of para-hydroxylation sites is 1. The maximum Gasteiger partial charge on any atom is 0.238 e. The summed E-state index contributed by atoms with van der Waals surface area (Å²) >= 11 is 0. The molecule has 130 valence electrons. The van der Waals surface area contributed by atoms with Crippen LogP contribution in [-0.4, -0.2) is 13.0 Å². The molecular formula is C19H20N2O3S. The third kappa shape index (κ3) is 3.23. The highest BCUT2D eigenvalue weighted by molar-refractivity contribution is 7.89. The molecule has 0 amide bonds. The van der Waals surface area contributed by atoms with Gasteiger partial charge in [-0.3, -0.25) is 4.79 Å². The molecule has 0 aliphatic carbocycles. The topological polar surface area (TPSA) is 82.2 Å². The number of benzene rings is 2. The number of hydrogen-bond acceptors (Lipinski definition) is 3. The molecule has 0 spiro atoms. The maximum atomic E-state index is 12.1. The molecule has 5 nitrogen and oxygen atoms in total. The highest BCUT2D eigenvalue weighted by Gasteiger charge is 2.24. The predicted molar refractivity (Wildman–Crippen MR) is 99.6 cm³/mol. The van der Waals surface area contributed by atoms with Gasteiger partial charge in [-0.15, -0.1) is 0 Å². The van der Waals surface area contributed by atoms with Gasteiger partial charge in [-0.05, 0) is 35.2 Å². The Bertz CT molecular complexity index is 1120. The monoisotopic (exact) mass is 356 g/mol. The Hall–Kier alpha value is -2.44. The van der Waals surface area contributed by atoms with Gasteiger partial charge in [0.05, 0.1) is 10.4 Å². The zero-order chi connectivity index (χ0) is 18.4. The summed E-state index contributed by atoms with van der Waals surface area (Å²) in [4.78, 5) is 12.1. The van der Waals surface area contributed by atoms with Crippen molar-refractivity contribution in [1.29, 1.82) is 0 Å². The van der Waals surface area contributed by atoms with Gasteiger partial charge in [0.25, 0.3) is 0 Å². The van der Waals surface area contributed by atoms with Gasteiger partial charge in [0, 0.05) is 23.3 Å². The molecule has 0 atom stereocenters. The molecule has 6 heteroatoms. The molecule has 2 N–H and O–H groups in total. The van der Waals surface area contributed by atoms with Crippen molar-refractivity contribution in [3.63, 3.8) is 0 Å². The summed E-state index contributed by atoms with van der Waals surface area (Å²) in [5.74, 6) is 0. The first-order chi connectivity index (χ1) is 11.6. The van der Waals surface area contributed by atoms with Crippen LogP contribution in [0, 0.1) is 0 Å². The second-order valence-electron chi connectivity index (χ2n) is 7.04. The van der Waals surface area contributed by atoms with E-state index >= 15 is 0 Å². The summed E-state index contributed by atoms with van der Waals surface area (Å²) < 4.78 is 26.0. The Kier molecular flexibility index (Phi) is 4.05. The first-order valence-electron chi connectivity index (χ1n) is 7.87. The van der Waals surface area contributed by atoms with Gasteiger partial charge in [-0.2, -0.15) is 0 Å². The smallest absolute Gasteiger partial charge is 0.238 e. The zero-order valence-electron chi connectivity index (χ0n) is 14.4. The van der Waals surface area contributed by atoms with Crippen molar-refractivity contribution in [2.75, 3.05) is 0 Å². The van der Waals surface area contributed by atoms with Crippen molar-refractivity contribution < 1.29 is 8.42 Å². The maximum absolute atomic E-state index is 12.1. The standard InChI is InChI=1S/C19H20N2O3S/c1-19(2,3)15-9-8-13(12-18(15)25(20,23)24)21-11-10-17(22)14-6-4-5-7-16(14)21/h4-12H,1-3H3,(H2,20,23,24). The molecule has 0 fully saturated rings. The average molecular weight is 356 g/mol. The number of aromatic nitrogens is 1. The minimum Gasteiger partial charge on any atom is -0.316 e. The number of rotatable bonds is 2. The fourth-order valence-corrected chi connectivity index (χ4v) is 3.91. The zero-order valence-corrected chi connectivity index (χ0v) is 15.2. The lowest BCUT2D eigenvalue weighted by atomic mass is 9.87. The predicted octanol–water partition coefficient (Wildman–Crippen LogP) is 2.94. The lowest BCUT2D eigenvalue weighted by molar-refractivity contribution is 0.562. The molecule has 0 saturated carbocycles. The van der Waals surface area contributed by atoms with Gasteiger partial charge >= 0.3 is 0 Å². The molecular weight excluding hydrogens is 336 g/mol. The normalized spacial score (nSPS) is 12.5. The van der Waals surface area contributed by atoms with Gasteiger partial charge in [0.2, 0.25) is 10.0 Å². The number of primary sulfonamides is 1. The summed E-state index contributed by atoms with van der Waals surface area (Å²) in [6.07, 6.45) is 1.64. The van der Waals surface area contributed by atoms with E-state index in [2.05, 4.69) is 0 Å². The van der Waals surface area contributed by atoms with E-state index in [0.717, 1.165) is 0 Å². The molecule has 0 aliphatic rings. The molecule has 25 heavy (non-hydrogen) atoms. The lowest BCUT2D eigenvalue weighted by Crippen LogP contribution is -2.21. The van der Waals surface area contributed by atoms with E-state index in [-0.39, 0.29) is 15.7 Å². The molecule has 3 rings (SSSR count). The van der Waals surface area contributed by atoms with Crippen molar-refractivity contribution in [1.82, 2.24) is 4.57 Å². The van der Waals surface area contributed by atoms with Crippen molar-refractivity contribution >= 4 is 20.9 Å². The van der Waals surface area contributed by atoms with Crippen LogP contribution in [0.1, 0.15) is 26.3 Å². The average Bonchev–Trinajstić information content (AvgIpc) is 2.53. The first-order valence-corrected chi connectivity index (χ1v) is 9.42. The van der Waals surface area contributed by atoms with Gasteiger partial charge in [0.1, 0.15) is 0 Å². The lowest BCUT2D eigenvalue weighted by Gasteiger charge is -2.23. The molecule has 1 aromatic heterocycles. The minimum absolute atomic E-state index is 0.0789. The quantitative estimate of drug-likeness (QED) is 0.766. The number of sulfonamides is 1. The van der Waals surface area contributed by atoms with Gasteiger partial charge < -0.3 is 4.57 Å². The highest BCUT2D eigenvalue weighted by atomic mass is 32.2. The molecule has 0 unspecified atom stereocenters. The van der Waals surface area contributed by atoms with Crippen molar-refractivity contribution in [2.24, 2.45) is 5.14 Å². The van der Waals surface area contributed by atoms with Crippen LogP contribution in [0.15, 0.2) is 64.4 Å². The highest BCUT2D eigenvalue weighted by Crippen LogP contribution is 2.30. The van der Waals surface area contributed by atoms with E-state index in [1.807, 2.05) is 39.0 Å². The summed E-state index contributed by atoms with van der Waals surface area (Å²) in [7, 11) is -3.88. The van der Waals surface area contributed by atoms with Crippen molar-refractivity contribution in [3.8, 4) is 5.69 Å². The number of fused-ring (bicyclic) bond motifs is 1. The van der Waals surface area contributed by atoms with Crippen LogP contribution in [-0.2, 0) is 15.4 Å². The first kappa shape index (κ1) is 17.4. The number of nitrogens with zero attached hydrogens (tertiary/aromatic N) is 1. The Morgan fingerprint density at radius 2 is 1.68 bits per heavy atom. The van der Waals surface area contributed by atoms with Crippen LogP contribution in [0.2, 0.25) is 0 Å². The summed E-state index contributed by atoms with van der Waals surface area (Å²) in [5, 5.41) is 6.02. The van der Waals surface area contributed by atoms with Gasteiger partial charge in [-0.1, -0.05) is 39.0 Å². The van der Waals surface area contributed by atoms with Gasteiger partial charge in [0.15, 0.2) is 5.43 Å². The second kappa shape index (κ2) is 5.82. The number of hydrogen-bond donors (Lipinski definition) is 1. The second-order valence-corrected chi connectivity index (χ2v) is 8.57. The van der Waals surface area contributed by atoms with E-state index in [1.165, 1.54) is 6.07 Å². The molecule has 1 heterocycles. The summed E-state index contributed by atoms with van der Waals surface area (Å²) in [6.45, 7) is 5.81. The SMILES string of the molecule is CC(C)(C)c1ccc(-n2ccc(=O)c3ccccc32)cc1S(N)(=O)=O. The van der Waals surface area contributed by atoms with E-state index in [1.54, 1.807) is 35.0 Å². The van der Waals surface area contributed by atoms with Crippen molar-refractivity contribution in [2.45, 2.75) is 31.1 Å². The van der Waals surface area contributed by atoms with Crippen LogP contribution in [0.25, 0.3) is 16.6 Å². The molecule has 2 aromatic carbocycles.